The van der Waals surface area contributed by atoms with Gasteiger partial charge in [-0.25, -0.2) is 8.78 Å². The van der Waals surface area contributed by atoms with Crippen LogP contribution in [0.2, 0.25) is 0 Å². The molecule has 1 aliphatic rings. The molecule has 0 fully saturated rings. The number of hydrogen-bond acceptors (Lipinski definition) is 4. The molecule has 1 atom stereocenters. The largest absolute Gasteiger partial charge is 0.355 e. The van der Waals surface area contributed by atoms with Gasteiger partial charge in [0.1, 0.15) is 11.6 Å². The van der Waals surface area contributed by atoms with Crippen molar-refractivity contribution in [1.29, 1.82) is 0 Å². The van der Waals surface area contributed by atoms with Crippen LogP contribution < -0.4 is 0 Å². The van der Waals surface area contributed by atoms with E-state index in [-0.39, 0.29) is 28.8 Å². The highest BCUT2D eigenvalue weighted by atomic mass is 19.1. The summed E-state index contributed by atoms with van der Waals surface area (Å²) < 4.78 is 34.4. The molecule has 8 heteroatoms. The van der Waals surface area contributed by atoms with E-state index < -0.39 is 11.6 Å². The molecule has 0 saturated carbocycles. The van der Waals surface area contributed by atoms with Gasteiger partial charge in [-0.3, -0.25) is 9.48 Å². The number of carbonyl (C=O) groups excluding carboxylic acids is 1. The summed E-state index contributed by atoms with van der Waals surface area (Å²) in [6.07, 6.45) is 1.84. The summed E-state index contributed by atoms with van der Waals surface area (Å²) in [4.78, 5) is 15.0. The highest BCUT2D eigenvalue weighted by Gasteiger charge is 2.32. The smallest absolute Gasteiger partial charge is 0.276 e. The van der Waals surface area contributed by atoms with E-state index in [0.29, 0.717) is 13.1 Å². The molecule has 0 spiro atoms. The first kappa shape index (κ1) is 20.1. The molecular weight excluding hydrogens is 414 g/mol. The fourth-order valence-electron chi connectivity index (χ4n) is 4.24. The van der Waals surface area contributed by atoms with Gasteiger partial charge in [-0.1, -0.05) is 29.4 Å². The van der Waals surface area contributed by atoms with Gasteiger partial charge < -0.3 is 9.42 Å². The molecule has 0 saturated heterocycles. The lowest BCUT2D eigenvalue weighted by atomic mass is 9.85. The fraction of sp³-hybridized carbons (Fsp3) is 0.208. The van der Waals surface area contributed by atoms with Crippen molar-refractivity contribution >= 4 is 5.91 Å². The van der Waals surface area contributed by atoms with Gasteiger partial charge in [-0.15, -0.1) is 0 Å². The monoisotopic (exact) mass is 434 g/mol. The van der Waals surface area contributed by atoms with Gasteiger partial charge in [-0.05, 0) is 30.2 Å². The van der Waals surface area contributed by atoms with Gasteiger partial charge in [0.15, 0.2) is 11.5 Å². The third kappa shape index (κ3) is 3.37. The van der Waals surface area contributed by atoms with E-state index in [9.17, 15) is 13.6 Å². The Kier molecular flexibility index (Phi) is 4.84. The highest BCUT2D eigenvalue weighted by Crippen LogP contribution is 2.35. The number of carbonyl (C=O) groups is 1. The summed E-state index contributed by atoms with van der Waals surface area (Å²) in [5.41, 5.74) is 4.44. The molecule has 0 aliphatic carbocycles. The zero-order chi connectivity index (χ0) is 22.4. The fourth-order valence-corrected chi connectivity index (χ4v) is 4.24. The number of benzene rings is 2. The van der Waals surface area contributed by atoms with E-state index in [1.165, 1.54) is 17.7 Å². The standard InChI is InChI=1S/C24H20F2N4O2/c1-14-19(11-27-29(14)2)20-13-30(12-15-5-3-4-6-17(15)20)24(31)22-10-23(32-28-22)18-8-7-16(25)9-21(18)26/h3-11,20H,12-13H2,1-2H3. The van der Waals surface area contributed by atoms with E-state index in [1.807, 2.05) is 43.0 Å². The summed E-state index contributed by atoms with van der Waals surface area (Å²) in [7, 11) is 1.89. The summed E-state index contributed by atoms with van der Waals surface area (Å²) >= 11 is 0. The maximum atomic E-state index is 14.1. The molecule has 1 amide bonds. The Bertz CT molecular complexity index is 1330. The lowest BCUT2D eigenvalue weighted by Crippen LogP contribution is -2.38. The first-order valence-electron chi connectivity index (χ1n) is 10.2. The summed E-state index contributed by atoms with van der Waals surface area (Å²) in [6, 6.07) is 12.6. The maximum Gasteiger partial charge on any atom is 0.276 e. The molecule has 0 N–H and O–H groups in total. The van der Waals surface area contributed by atoms with Crippen molar-refractivity contribution in [3.63, 3.8) is 0 Å². The minimum atomic E-state index is -0.779. The number of hydrogen-bond donors (Lipinski definition) is 0. The average Bonchev–Trinajstić information content (AvgIpc) is 3.40. The van der Waals surface area contributed by atoms with Crippen molar-refractivity contribution in [2.24, 2.45) is 7.05 Å². The first-order valence-corrected chi connectivity index (χ1v) is 10.2. The second-order valence-electron chi connectivity index (χ2n) is 7.95. The van der Waals surface area contributed by atoms with Gasteiger partial charge in [0.25, 0.3) is 5.91 Å². The van der Waals surface area contributed by atoms with Crippen molar-refractivity contribution in [1.82, 2.24) is 19.8 Å². The first-order chi connectivity index (χ1) is 15.4. The summed E-state index contributed by atoms with van der Waals surface area (Å²) in [5, 5.41) is 8.23. The van der Waals surface area contributed by atoms with Gasteiger partial charge in [-0.2, -0.15) is 5.10 Å². The van der Waals surface area contributed by atoms with Gasteiger partial charge >= 0.3 is 0 Å². The Morgan fingerprint density at radius 2 is 1.94 bits per heavy atom. The van der Waals surface area contributed by atoms with E-state index in [1.54, 1.807) is 4.90 Å². The Hall–Kier alpha value is -3.81. The van der Waals surface area contributed by atoms with Crippen molar-refractivity contribution < 1.29 is 18.1 Å². The molecule has 2 aromatic heterocycles. The van der Waals surface area contributed by atoms with Crippen LogP contribution in [0.25, 0.3) is 11.3 Å². The van der Waals surface area contributed by atoms with Crippen molar-refractivity contribution in [2.75, 3.05) is 6.54 Å². The van der Waals surface area contributed by atoms with Gasteiger partial charge in [0.2, 0.25) is 0 Å². The van der Waals surface area contributed by atoms with Crippen molar-refractivity contribution in [2.45, 2.75) is 19.4 Å². The van der Waals surface area contributed by atoms with Gasteiger partial charge in [0.05, 0.1) is 11.8 Å². The minimum Gasteiger partial charge on any atom is -0.355 e. The second-order valence-corrected chi connectivity index (χ2v) is 7.95. The molecule has 1 unspecified atom stereocenters. The van der Waals surface area contributed by atoms with Gasteiger partial charge in [0, 0.05) is 49.4 Å². The predicted octanol–water partition coefficient (Wildman–Crippen LogP) is 4.45. The van der Waals surface area contributed by atoms with Crippen LogP contribution in [0.15, 0.2) is 59.3 Å². The predicted molar refractivity (Wildman–Crippen MR) is 113 cm³/mol. The number of aromatic nitrogens is 3. The molecule has 5 rings (SSSR count). The van der Waals surface area contributed by atoms with Crippen LogP contribution in [-0.4, -0.2) is 32.3 Å². The molecule has 0 bridgehead atoms. The normalized spacial score (nSPS) is 15.6. The SMILES string of the molecule is Cc1c(C2CN(C(=O)c3cc(-c4ccc(F)cc4F)on3)Cc3ccccc32)cnn1C. The van der Waals surface area contributed by atoms with Crippen molar-refractivity contribution in [3.8, 4) is 11.3 Å². The van der Waals surface area contributed by atoms with E-state index in [2.05, 4.69) is 16.3 Å². The van der Waals surface area contributed by atoms with Crippen LogP contribution in [0.3, 0.4) is 0 Å². The Balaban J connectivity index is 1.47. The van der Waals surface area contributed by atoms with Crippen LogP contribution in [0.5, 0.6) is 0 Å². The molecule has 3 heterocycles. The quantitative estimate of drug-likeness (QED) is 0.478. The molecule has 6 nitrogen and oxygen atoms in total. The van der Waals surface area contributed by atoms with E-state index in [4.69, 9.17) is 4.52 Å². The van der Waals surface area contributed by atoms with E-state index in [0.717, 1.165) is 29.0 Å². The molecule has 162 valence electrons. The van der Waals surface area contributed by atoms with Crippen LogP contribution in [0, 0.1) is 18.6 Å². The Labute approximate surface area is 183 Å². The zero-order valence-electron chi connectivity index (χ0n) is 17.5. The van der Waals surface area contributed by atoms with Crippen LogP contribution >= 0.6 is 0 Å². The summed E-state index contributed by atoms with van der Waals surface area (Å²) in [6.45, 7) is 2.89. The number of halogens is 2. The number of rotatable bonds is 3. The van der Waals surface area contributed by atoms with E-state index >= 15 is 0 Å². The number of nitrogens with zero attached hydrogens (tertiary/aromatic N) is 4. The molecule has 32 heavy (non-hydrogen) atoms. The topological polar surface area (TPSA) is 64.2 Å². The second kappa shape index (κ2) is 7.71. The molecule has 2 aromatic carbocycles. The zero-order valence-corrected chi connectivity index (χ0v) is 17.5. The average molecular weight is 434 g/mol. The Morgan fingerprint density at radius 3 is 2.69 bits per heavy atom. The number of amides is 1. The van der Waals surface area contributed by atoms with Crippen LogP contribution in [-0.2, 0) is 13.6 Å². The molecule has 1 aliphatic heterocycles. The highest BCUT2D eigenvalue weighted by molar-refractivity contribution is 5.93. The Morgan fingerprint density at radius 1 is 1.12 bits per heavy atom. The molecule has 4 aromatic rings. The third-order valence-electron chi connectivity index (χ3n) is 6.06. The minimum absolute atomic E-state index is 0.0292. The molecule has 0 radical (unpaired) electrons. The maximum absolute atomic E-state index is 14.1. The third-order valence-corrected chi connectivity index (χ3v) is 6.06. The summed E-state index contributed by atoms with van der Waals surface area (Å²) in [5.74, 6) is -1.74. The van der Waals surface area contributed by atoms with Crippen LogP contribution in [0.4, 0.5) is 8.78 Å². The van der Waals surface area contributed by atoms with Crippen LogP contribution in [0.1, 0.15) is 38.8 Å². The lowest BCUT2D eigenvalue weighted by Gasteiger charge is -2.34. The molecular formula is C24H20F2N4O2. The number of aryl methyl sites for hydroxylation is 1. The lowest BCUT2D eigenvalue weighted by molar-refractivity contribution is 0.0714. The number of fused-ring (bicyclic) bond motifs is 1. The van der Waals surface area contributed by atoms with Crippen molar-refractivity contribution in [3.05, 3.63) is 94.4 Å².